The number of alkyl halides is 2. The topological polar surface area (TPSA) is 53.4 Å². The molecular weight excluding hydrogens is 326 g/mol. The molecule has 0 spiro atoms. The van der Waals surface area contributed by atoms with Crippen LogP contribution in [0.5, 0.6) is 0 Å². The summed E-state index contributed by atoms with van der Waals surface area (Å²) in [6.45, 7) is 4.78. The maximum Gasteiger partial charge on any atom is 0.335 e. The summed E-state index contributed by atoms with van der Waals surface area (Å²) in [6.07, 6.45) is 0.178. The molecule has 1 heterocycles. The molecule has 0 radical (unpaired) electrons. The number of carbonyl (C=O) groups is 1. The average molecular weight is 348 g/mol. The molecule has 0 aliphatic rings. The van der Waals surface area contributed by atoms with Gasteiger partial charge in [0.05, 0.1) is 12.0 Å². The van der Waals surface area contributed by atoms with Gasteiger partial charge in [0, 0.05) is 17.4 Å². The quantitative estimate of drug-likeness (QED) is 0.772. The van der Waals surface area contributed by atoms with Crippen LogP contribution in [0.1, 0.15) is 43.2 Å². The minimum absolute atomic E-state index is 0.0222. The summed E-state index contributed by atoms with van der Waals surface area (Å²) in [7, 11) is 0. The summed E-state index contributed by atoms with van der Waals surface area (Å²) in [5, 5.41) is 9.35. The summed E-state index contributed by atoms with van der Waals surface area (Å²) in [6, 6.07) is 12.0. The number of pyridine rings is 1. The number of aromatic nitrogens is 1. The lowest BCUT2D eigenvalue weighted by Gasteiger charge is -2.30. The molecule has 4 nitrogen and oxygen atoms in total. The Bertz CT molecular complexity index is 730. The molecule has 2 aromatic rings. The van der Waals surface area contributed by atoms with Crippen LogP contribution in [0.2, 0.25) is 0 Å². The number of carboxylic acids is 1. The second-order valence-electron chi connectivity index (χ2n) is 6.22. The summed E-state index contributed by atoms with van der Waals surface area (Å²) in [5.74, 6) is -3.77. The van der Waals surface area contributed by atoms with Crippen molar-refractivity contribution in [2.24, 2.45) is 0 Å². The first-order chi connectivity index (χ1) is 11.7. The van der Waals surface area contributed by atoms with Crippen LogP contribution in [0.3, 0.4) is 0 Å². The second kappa shape index (κ2) is 7.59. The molecule has 134 valence electrons. The number of hydrogen-bond acceptors (Lipinski definition) is 3. The highest BCUT2D eigenvalue weighted by Crippen LogP contribution is 2.29. The first-order valence-electron chi connectivity index (χ1n) is 8.17. The van der Waals surface area contributed by atoms with Crippen LogP contribution in [0.15, 0.2) is 42.5 Å². The first kappa shape index (κ1) is 18.8. The molecule has 1 atom stereocenters. The second-order valence-corrected chi connectivity index (χ2v) is 6.22. The zero-order valence-corrected chi connectivity index (χ0v) is 14.5. The molecule has 0 saturated carbocycles. The van der Waals surface area contributed by atoms with E-state index in [-0.39, 0.29) is 17.3 Å². The monoisotopic (exact) mass is 348 g/mol. The molecule has 0 aliphatic heterocycles. The third-order valence-corrected chi connectivity index (χ3v) is 3.92. The normalized spacial score (nSPS) is 12.7. The van der Waals surface area contributed by atoms with Gasteiger partial charge in [0.2, 0.25) is 0 Å². The van der Waals surface area contributed by atoms with E-state index in [2.05, 4.69) is 4.98 Å². The number of nitrogens with zero attached hydrogens (tertiary/aromatic N) is 2. The number of carboxylic acid groups (broad SMARTS) is 1. The Labute approximate surface area is 146 Å². The van der Waals surface area contributed by atoms with Gasteiger partial charge in [-0.05, 0) is 44.5 Å². The van der Waals surface area contributed by atoms with Gasteiger partial charge in [0.25, 0.3) is 5.92 Å². The zero-order chi connectivity index (χ0) is 18.6. The van der Waals surface area contributed by atoms with Gasteiger partial charge in [0.15, 0.2) is 0 Å². The number of benzene rings is 1. The van der Waals surface area contributed by atoms with Gasteiger partial charge >= 0.3 is 5.97 Å². The number of hydrogen-bond donors (Lipinski definition) is 1. The van der Waals surface area contributed by atoms with Crippen LogP contribution in [-0.4, -0.2) is 28.0 Å². The van der Waals surface area contributed by atoms with Crippen molar-refractivity contribution in [1.82, 2.24) is 4.98 Å². The van der Waals surface area contributed by atoms with Crippen molar-refractivity contribution in [3.05, 3.63) is 53.7 Å². The van der Waals surface area contributed by atoms with Gasteiger partial charge in [0.1, 0.15) is 5.82 Å². The Hall–Kier alpha value is -2.50. The van der Waals surface area contributed by atoms with Crippen molar-refractivity contribution >= 4 is 17.5 Å². The maximum atomic E-state index is 13.4. The Morgan fingerprint density at radius 2 is 1.92 bits per heavy atom. The highest BCUT2D eigenvalue weighted by Gasteiger charge is 2.25. The molecule has 6 heteroatoms. The molecule has 0 fully saturated rings. The van der Waals surface area contributed by atoms with Crippen LogP contribution in [-0.2, 0) is 6.42 Å². The highest BCUT2D eigenvalue weighted by atomic mass is 19.3. The fraction of sp³-hybridized carbons (Fsp3) is 0.368. The zero-order valence-electron chi connectivity index (χ0n) is 14.5. The lowest BCUT2D eigenvalue weighted by Crippen LogP contribution is -2.29. The van der Waals surface area contributed by atoms with Gasteiger partial charge in [-0.3, -0.25) is 0 Å². The van der Waals surface area contributed by atoms with Crippen LogP contribution in [0, 0.1) is 0 Å². The molecular formula is C19H22F2N2O2. The van der Waals surface area contributed by atoms with Gasteiger partial charge < -0.3 is 10.0 Å². The van der Waals surface area contributed by atoms with E-state index in [1.807, 2.05) is 49.1 Å². The van der Waals surface area contributed by atoms with E-state index in [0.717, 1.165) is 19.0 Å². The van der Waals surface area contributed by atoms with E-state index in [9.17, 15) is 18.7 Å². The number of aromatic carboxylic acids is 1. The average Bonchev–Trinajstić information content (AvgIpc) is 2.54. The lowest BCUT2D eigenvalue weighted by molar-refractivity contribution is 0.0216. The molecule has 0 aliphatic carbocycles. The van der Waals surface area contributed by atoms with Gasteiger partial charge in [-0.25, -0.2) is 18.6 Å². The predicted octanol–water partition coefficient (Wildman–Crippen LogP) is 4.91. The van der Waals surface area contributed by atoms with Crippen molar-refractivity contribution in [3.63, 3.8) is 0 Å². The number of anilines is 2. The molecule has 0 saturated heterocycles. The molecule has 0 bridgehead atoms. The molecule has 1 aromatic heterocycles. The molecule has 25 heavy (non-hydrogen) atoms. The molecule has 0 unspecified atom stereocenters. The first-order valence-corrected chi connectivity index (χ1v) is 8.17. The fourth-order valence-electron chi connectivity index (χ4n) is 2.61. The Morgan fingerprint density at radius 1 is 1.28 bits per heavy atom. The number of rotatable bonds is 7. The molecule has 1 N–H and O–H groups in total. The Balaban J connectivity index is 2.57. The van der Waals surface area contributed by atoms with E-state index in [4.69, 9.17) is 0 Å². The SMILES string of the molecule is CC[C@H](C)N(c1ccccc1)c1cc(C(=O)O)cc(CC(C)(F)F)n1. The Kier molecular flexibility index (Phi) is 5.72. The van der Waals surface area contributed by atoms with E-state index in [1.54, 1.807) is 0 Å². The van der Waals surface area contributed by atoms with Crippen molar-refractivity contribution in [2.45, 2.75) is 45.6 Å². The third kappa shape index (κ3) is 4.98. The van der Waals surface area contributed by atoms with Gasteiger partial charge in [-0.1, -0.05) is 25.1 Å². The third-order valence-electron chi connectivity index (χ3n) is 3.92. The minimum Gasteiger partial charge on any atom is -0.478 e. The minimum atomic E-state index is -2.96. The van der Waals surface area contributed by atoms with Crippen molar-refractivity contribution in [3.8, 4) is 0 Å². The van der Waals surface area contributed by atoms with Crippen LogP contribution in [0.4, 0.5) is 20.3 Å². The van der Waals surface area contributed by atoms with Crippen molar-refractivity contribution in [2.75, 3.05) is 4.90 Å². The fourth-order valence-corrected chi connectivity index (χ4v) is 2.61. The maximum absolute atomic E-state index is 13.4. The number of para-hydroxylation sites is 1. The van der Waals surface area contributed by atoms with E-state index < -0.39 is 18.3 Å². The summed E-state index contributed by atoms with van der Waals surface area (Å²) in [5.41, 5.74) is 0.848. The van der Waals surface area contributed by atoms with Crippen LogP contribution >= 0.6 is 0 Å². The largest absolute Gasteiger partial charge is 0.478 e. The van der Waals surface area contributed by atoms with Crippen LogP contribution < -0.4 is 4.90 Å². The molecule has 1 aromatic carbocycles. The summed E-state index contributed by atoms with van der Waals surface area (Å²) in [4.78, 5) is 17.6. The van der Waals surface area contributed by atoms with Crippen molar-refractivity contribution in [1.29, 1.82) is 0 Å². The lowest BCUT2D eigenvalue weighted by atomic mass is 10.1. The summed E-state index contributed by atoms with van der Waals surface area (Å²) < 4.78 is 26.8. The predicted molar refractivity (Wildman–Crippen MR) is 93.9 cm³/mol. The number of halogens is 2. The van der Waals surface area contributed by atoms with E-state index in [1.165, 1.54) is 12.1 Å². The Morgan fingerprint density at radius 3 is 2.44 bits per heavy atom. The standard InChI is InChI=1S/C19H22F2N2O2/c1-4-13(2)23(16-8-6-5-7-9-16)17-11-14(18(24)25)10-15(22-17)12-19(3,20)21/h5-11,13H,4,12H2,1-3H3,(H,24,25)/t13-/m0/s1. The van der Waals surface area contributed by atoms with E-state index >= 15 is 0 Å². The van der Waals surface area contributed by atoms with E-state index in [0.29, 0.717) is 5.82 Å². The summed E-state index contributed by atoms with van der Waals surface area (Å²) >= 11 is 0. The highest BCUT2D eigenvalue weighted by molar-refractivity contribution is 5.89. The molecule has 0 amide bonds. The van der Waals surface area contributed by atoms with Crippen LogP contribution in [0.25, 0.3) is 0 Å². The van der Waals surface area contributed by atoms with Crippen molar-refractivity contribution < 1.29 is 18.7 Å². The smallest absolute Gasteiger partial charge is 0.335 e. The van der Waals surface area contributed by atoms with Gasteiger partial charge in [-0.15, -0.1) is 0 Å². The van der Waals surface area contributed by atoms with Gasteiger partial charge in [-0.2, -0.15) is 0 Å². The molecule has 2 rings (SSSR count).